The van der Waals surface area contributed by atoms with Crippen molar-refractivity contribution in [1.29, 1.82) is 0 Å². The van der Waals surface area contributed by atoms with Crippen molar-refractivity contribution in [2.75, 3.05) is 19.6 Å². The summed E-state index contributed by atoms with van der Waals surface area (Å²) in [5.41, 5.74) is 1.06. The molecule has 8 heteroatoms. The van der Waals surface area contributed by atoms with Crippen LogP contribution in [0.2, 0.25) is 0 Å². The maximum Gasteiger partial charge on any atom is 0.253 e. The van der Waals surface area contributed by atoms with Gasteiger partial charge >= 0.3 is 0 Å². The molecule has 2 aliphatic heterocycles. The van der Waals surface area contributed by atoms with E-state index in [1.807, 2.05) is 4.90 Å². The lowest BCUT2D eigenvalue weighted by Crippen LogP contribution is -2.39. The third-order valence-corrected chi connectivity index (χ3v) is 5.20. The third-order valence-electron chi connectivity index (χ3n) is 5.20. The molecule has 1 aromatic carbocycles. The first-order valence-electron chi connectivity index (χ1n) is 8.81. The van der Waals surface area contributed by atoms with Crippen LogP contribution in [0, 0.1) is 12.7 Å². The highest BCUT2D eigenvalue weighted by molar-refractivity contribution is 5.94. The number of halogens is 2. The maximum absolute atomic E-state index is 13.4. The Morgan fingerprint density at radius 1 is 1.23 bits per heavy atom. The minimum Gasteiger partial charge on any atom is -0.339 e. The van der Waals surface area contributed by atoms with Gasteiger partial charge in [-0.3, -0.25) is 4.79 Å². The van der Waals surface area contributed by atoms with Crippen LogP contribution in [0.3, 0.4) is 0 Å². The zero-order chi connectivity index (χ0) is 17.4. The van der Waals surface area contributed by atoms with Crippen LogP contribution < -0.4 is 5.32 Å². The summed E-state index contributed by atoms with van der Waals surface area (Å²) in [6.07, 6.45) is 1.77. The molecule has 2 aromatic rings. The van der Waals surface area contributed by atoms with Gasteiger partial charge < -0.3 is 14.8 Å². The number of aromatic nitrogens is 3. The lowest BCUT2D eigenvalue weighted by atomic mass is 9.95. The van der Waals surface area contributed by atoms with E-state index in [-0.39, 0.29) is 24.1 Å². The number of benzene rings is 1. The van der Waals surface area contributed by atoms with Gasteiger partial charge in [0.1, 0.15) is 17.5 Å². The first-order valence-corrected chi connectivity index (χ1v) is 8.81. The van der Waals surface area contributed by atoms with E-state index < -0.39 is 0 Å². The second kappa shape index (κ2) is 7.72. The molecule has 26 heavy (non-hydrogen) atoms. The molecule has 0 saturated carbocycles. The molecule has 140 valence electrons. The van der Waals surface area contributed by atoms with E-state index >= 15 is 0 Å². The first-order chi connectivity index (χ1) is 12.1. The summed E-state index contributed by atoms with van der Waals surface area (Å²) in [7, 11) is 0. The number of hydrogen-bond acceptors (Lipinski definition) is 4. The van der Waals surface area contributed by atoms with Crippen LogP contribution in [0.4, 0.5) is 4.39 Å². The molecule has 0 atom stereocenters. The highest BCUT2D eigenvalue weighted by atomic mass is 35.5. The fraction of sp³-hybridized carbons (Fsp3) is 0.500. The number of carbonyl (C=O) groups is 1. The van der Waals surface area contributed by atoms with Crippen LogP contribution in [0.15, 0.2) is 18.2 Å². The Bertz CT molecular complexity index is 801. The average molecular weight is 380 g/mol. The van der Waals surface area contributed by atoms with Crippen molar-refractivity contribution in [3.05, 3.63) is 46.8 Å². The Hall–Kier alpha value is -1.99. The van der Waals surface area contributed by atoms with Crippen LogP contribution >= 0.6 is 12.4 Å². The topological polar surface area (TPSA) is 63.1 Å². The monoisotopic (exact) mass is 379 g/mol. The average Bonchev–Trinajstić information content (AvgIpc) is 3.08. The highest BCUT2D eigenvalue weighted by Gasteiger charge is 2.29. The van der Waals surface area contributed by atoms with Crippen molar-refractivity contribution in [3.63, 3.8) is 0 Å². The van der Waals surface area contributed by atoms with Crippen LogP contribution in [-0.4, -0.2) is 45.2 Å². The first kappa shape index (κ1) is 18.8. The summed E-state index contributed by atoms with van der Waals surface area (Å²) in [5, 5.41) is 12.0. The second-order valence-electron chi connectivity index (χ2n) is 6.83. The van der Waals surface area contributed by atoms with Gasteiger partial charge in [-0.2, -0.15) is 0 Å². The van der Waals surface area contributed by atoms with Gasteiger partial charge in [0.05, 0.1) is 6.54 Å². The summed E-state index contributed by atoms with van der Waals surface area (Å²) in [6.45, 7) is 5.70. The quantitative estimate of drug-likeness (QED) is 0.869. The van der Waals surface area contributed by atoms with E-state index in [9.17, 15) is 9.18 Å². The highest BCUT2D eigenvalue weighted by Crippen LogP contribution is 2.28. The summed E-state index contributed by atoms with van der Waals surface area (Å²) < 4.78 is 15.6. The number of carbonyl (C=O) groups excluding carboxylic acids is 1. The van der Waals surface area contributed by atoms with Gasteiger partial charge in [0.2, 0.25) is 0 Å². The summed E-state index contributed by atoms with van der Waals surface area (Å²) >= 11 is 0. The Morgan fingerprint density at radius 3 is 2.73 bits per heavy atom. The van der Waals surface area contributed by atoms with Crippen molar-refractivity contribution in [2.24, 2.45) is 0 Å². The van der Waals surface area contributed by atoms with Crippen LogP contribution in [-0.2, 0) is 13.1 Å². The molecule has 3 heterocycles. The van der Waals surface area contributed by atoms with E-state index in [2.05, 4.69) is 20.1 Å². The minimum absolute atomic E-state index is 0. The van der Waals surface area contributed by atoms with E-state index in [1.165, 1.54) is 6.07 Å². The Morgan fingerprint density at radius 2 is 2.00 bits per heavy atom. The SMILES string of the molecule is Cc1cc(C(=O)N2CCC(c3nnc4n3CCNC4)CC2)ccc1F.Cl. The Labute approximate surface area is 158 Å². The van der Waals surface area contributed by atoms with E-state index in [0.717, 1.165) is 44.1 Å². The normalized spacial score (nSPS) is 17.5. The zero-order valence-electron chi connectivity index (χ0n) is 14.7. The standard InChI is InChI=1S/C18H22FN5O.ClH/c1-12-10-14(2-3-15(12)19)18(25)23-7-4-13(5-8-23)17-22-21-16-11-20-6-9-24(16)17;/h2-3,10,13,20H,4-9,11H2,1H3;1H. The maximum atomic E-state index is 13.4. The van der Waals surface area contributed by atoms with Gasteiger partial charge in [-0.1, -0.05) is 0 Å². The summed E-state index contributed by atoms with van der Waals surface area (Å²) in [5.74, 6) is 2.11. The van der Waals surface area contributed by atoms with Gasteiger partial charge in [0, 0.05) is 37.7 Å². The van der Waals surface area contributed by atoms with Gasteiger partial charge in [-0.15, -0.1) is 22.6 Å². The van der Waals surface area contributed by atoms with Crippen molar-refractivity contribution in [3.8, 4) is 0 Å². The molecule has 1 saturated heterocycles. The fourth-order valence-corrected chi connectivity index (χ4v) is 3.72. The molecule has 0 unspecified atom stereocenters. The lowest BCUT2D eigenvalue weighted by Gasteiger charge is -2.32. The number of amides is 1. The molecule has 6 nitrogen and oxygen atoms in total. The molecule has 1 N–H and O–H groups in total. The van der Waals surface area contributed by atoms with Gasteiger partial charge in [0.15, 0.2) is 0 Å². The number of nitrogens with one attached hydrogen (secondary N) is 1. The van der Waals surface area contributed by atoms with Gasteiger partial charge in [-0.25, -0.2) is 4.39 Å². The van der Waals surface area contributed by atoms with E-state index in [1.54, 1.807) is 19.1 Å². The summed E-state index contributed by atoms with van der Waals surface area (Å²) in [4.78, 5) is 14.5. The zero-order valence-corrected chi connectivity index (χ0v) is 15.6. The Kier molecular flexibility index (Phi) is 5.58. The molecular formula is C18H23ClFN5O. The number of rotatable bonds is 2. The van der Waals surface area contributed by atoms with Gasteiger partial charge in [0.25, 0.3) is 5.91 Å². The summed E-state index contributed by atoms with van der Waals surface area (Å²) in [6, 6.07) is 4.57. The largest absolute Gasteiger partial charge is 0.339 e. The second-order valence-corrected chi connectivity index (χ2v) is 6.83. The molecule has 0 spiro atoms. The van der Waals surface area contributed by atoms with Crippen LogP contribution in [0.25, 0.3) is 0 Å². The van der Waals surface area contributed by atoms with Crippen molar-refractivity contribution in [1.82, 2.24) is 25.0 Å². The molecule has 1 amide bonds. The van der Waals surface area contributed by atoms with Crippen molar-refractivity contribution in [2.45, 2.75) is 38.8 Å². The molecule has 0 aliphatic carbocycles. The van der Waals surface area contributed by atoms with E-state index in [0.29, 0.717) is 30.1 Å². The number of piperidine rings is 1. The fourth-order valence-electron chi connectivity index (χ4n) is 3.72. The third kappa shape index (κ3) is 3.46. The number of hydrogen-bond donors (Lipinski definition) is 1. The number of fused-ring (bicyclic) bond motifs is 1. The molecular weight excluding hydrogens is 357 g/mol. The Balaban J connectivity index is 0.00000196. The molecule has 2 aliphatic rings. The molecule has 1 aromatic heterocycles. The van der Waals surface area contributed by atoms with Crippen LogP contribution in [0.5, 0.6) is 0 Å². The molecule has 4 rings (SSSR count). The van der Waals surface area contributed by atoms with E-state index in [4.69, 9.17) is 0 Å². The van der Waals surface area contributed by atoms with Gasteiger partial charge in [-0.05, 0) is 43.5 Å². The predicted octanol–water partition coefficient (Wildman–Crippen LogP) is 2.27. The smallest absolute Gasteiger partial charge is 0.253 e. The van der Waals surface area contributed by atoms with Crippen LogP contribution in [0.1, 0.15) is 46.3 Å². The van der Waals surface area contributed by atoms with Crippen molar-refractivity contribution >= 4 is 18.3 Å². The predicted molar refractivity (Wildman–Crippen MR) is 98.0 cm³/mol. The lowest BCUT2D eigenvalue weighted by molar-refractivity contribution is 0.0710. The molecule has 0 bridgehead atoms. The van der Waals surface area contributed by atoms with Crippen molar-refractivity contribution < 1.29 is 9.18 Å². The number of likely N-dealkylation sites (tertiary alicyclic amines) is 1. The molecule has 0 radical (unpaired) electrons. The molecule has 1 fully saturated rings. The number of nitrogens with zero attached hydrogens (tertiary/aromatic N) is 4. The number of aryl methyl sites for hydroxylation is 1. The minimum atomic E-state index is -0.277.